The van der Waals surface area contributed by atoms with Gasteiger partial charge in [-0.2, -0.15) is 0 Å². The smallest absolute Gasteiger partial charge is 0.260 e. The highest BCUT2D eigenvalue weighted by atomic mass is 32.1. The minimum atomic E-state index is 0.0432. The van der Waals surface area contributed by atoms with Crippen LogP contribution in [0.15, 0.2) is 22.3 Å². The second kappa shape index (κ2) is 5.57. The lowest BCUT2D eigenvalue weighted by Gasteiger charge is -2.14. The Balaban J connectivity index is 2.57. The van der Waals surface area contributed by atoms with E-state index in [1.807, 2.05) is 36.1 Å². The molecule has 0 aliphatic carbocycles. The van der Waals surface area contributed by atoms with Crippen LogP contribution in [0.2, 0.25) is 0 Å². The van der Waals surface area contributed by atoms with E-state index < -0.39 is 0 Å². The molecule has 4 nitrogen and oxygen atoms in total. The zero-order chi connectivity index (χ0) is 14.0. The van der Waals surface area contributed by atoms with Crippen LogP contribution < -0.4 is 10.9 Å². The van der Waals surface area contributed by atoms with Crippen molar-refractivity contribution >= 4 is 16.5 Å². The third kappa shape index (κ3) is 2.56. The van der Waals surface area contributed by atoms with Crippen molar-refractivity contribution in [3.05, 3.63) is 33.6 Å². The van der Waals surface area contributed by atoms with Crippen molar-refractivity contribution in [3.8, 4) is 11.3 Å². The van der Waals surface area contributed by atoms with Gasteiger partial charge in [0.1, 0.15) is 0 Å². The van der Waals surface area contributed by atoms with E-state index in [1.54, 1.807) is 0 Å². The highest BCUT2D eigenvalue weighted by molar-refractivity contribution is 7.14. The van der Waals surface area contributed by atoms with E-state index in [0.29, 0.717) is 18.0 Å². The Kier molecular flexibility index (Phi) is 4.04. The molecule has 0 saturated heterocycles. The normalized spacial score (nSPS) is 11.0. The van der Waals surface area contributed by atoms with Crippen LogP contribution in [0, 0.1) is 0 Å². The van der Waals surface area contributed by atoms with Gasteiger partial charge in [-0.3, -0.25) is 4.79 Å². The van der Waals surface area contributed by atoms with Gasteiger partial charge in [0, 0.05) is 24.7 Å². The van der Waals surface area contributed by atoms with E-state index in [1.165, 1.54) is 11.3 Å². The van der Waals surface area contributed by atoms with Gasteiger partial charge in [0.2, 0.25) is 0 Å². The lowest BCUT2D eigenvalue weighted by molar-refractivity contribution is 0.641. The highest BCUT2D eigenvalue weighted by Crippen LogP contribution is 2.23. The van der Waals surface area contributed by atoms with Gasteiger partial charge in [0.05, 0.1) is 11.3 Å². The Labute approximate surface area is 117 Å². The molecular formula is C14H19N3OS. The Morgan fingerprint density at radius 1 is 1.42 bits per heavy atom. The van der Waals surface area contributed by atoms with E-state index in [2.05, 4.69) is 24.1 Å². The zero-order valence-corrected chi connectivity index (χ0v) is 12.5. The molecule has 2 heterocycles. The quantitative estimate of drug-likeness (QED) is 0.933. The summed E-state index contributed by atoms with van der Waals surface area (Å²) in [6.07, 6.45) is 0. The molecule has 0 aliphatic rings. The first-order valence-electron chi connectivity index (χ1n) is 6.45. The summed E-state index contributed by atoms with van der Waals surface area (Å²) >= 11 is 1.51. The molecule has 0 atom stereocenters. The van der Waals surface area contributed by atoms with Crippen LogP contribution in [-0.4, -0.2) is 16.6 Å². The third-order valence-corrected chi connectivity index (χ3v) is 3.97. The number of pyridine rings is 1. The van der Waals surface area contributed by atoms with Gasteiger partial charge in [-0.25, -0.2) is 4.98 Å². The summed E-state index contributed by atoms with van der Waals surface area (Å²) in [5, 5.41) is 5.73. The third-order valence-electron chi connectivity index (χ3n) is 3.11. The van der Waals surface area contributed by atoms with Gasteiger partial charge in [-0.05, 0) is 25.0 Å². The largest absolute Gasteiger partial charge is 0.365 e. The van der Waals surface area contributed by atoms with Crippen LogP contribution in [0.5, 0.6) is 0 Å². The highest BCUT2D eigenvalue weighted by Gasteiger charge is 2.13. The molecule has 0 aliphatic heterocycles. The van der Waals surface area contributed by atoms with Crippen LogP contribution in [0.4, 0.5) is 5.13 Å². The summed E-state index contributed by atoms with van der Waals surface area (Å²) in [5.41, 5.74) is 2.53. The standard InChI is InChI=1S/C14H19N3OS/c1-5-17-12(9(2)3)7-6-10(13(17)18)11-8-19-14(15-4)16-11/h6-9H,5H2,1-4H3,(H,15,16). The fourth-order valence-electron chi connectivity index (χ4n) is 2.13. The molecule has 0 unspecified atom stereocenters. The number of nitrogens with zero attached hydrogens (tertiary/aromatic N) is 2. The average molecular weight is 277 g/mol. The Morgan fingerprint density at radius 2 is 2.16 bits per heavy atom. The van der Waals surface area contributed by atoms with Crippen LogP contribution in [0.3, 0.4) is 0 Å². The van der Waals surface area contributed by atoms with Gasteiger partial charge in [0.25, 0.3) is 5.56 Å². The second-order valence-electron chi connectivity index (χ2n) is 4.66. The Morgan fingerprint density at radius 3 is 2.68 bits per heavy atom. The lowest BCUT2D eigenvalue weighted by Crippen LogP contribution is -2.24. The minimum absolute atomic E-state index is 0.0432. The van der Waals surface area contributed by atoms with Crippen molar-refractivity contribution in [2.45, 2.75) is 33.2 Å². The predicted molar refractivity (Wildman–Crippen MR) is 81.1 cm³/mol. The summed E-state index contributed by atoms with van der Waals surface area (Å²) in [6, 6.07) is 3.92. The van der Waals surface area contributed by atoms with E-state index in [9.17, 15) is 4.79 Å². The Bertz CT molecular complexity index is 628. The number of hydrogen-bond acceptors (Lipinski definition) is 4. The molecule has 5 heteroatoms. The molecule has 0 fully saturated rings. The molecule has 0 saturated carbocycles. The number of anilines is 1. The van der Waals surface area contributed by atoms with Crippen molar-refractivity contribution in [2.24, 2.45) is 0 Å². The molecule has 0 aromatic carbocycles. The van der Waals surface area contributed by atoms with E-state index in [0.717, 1.165) is 16.5 Å². The number of hydrogen-bond donors (Lipinski definition) is 1. The summed E-state index contributed by atoms with van der Waals surface area (Å²) in [6.45, 7) is 6.88. The van der Waals surface area contributed by atoms with Crippen molar-refractivity contribution in [1.29, 1.82) is 0 Å². The summed E-state index contributed by atoms with van der Waals surface area (Å²) in [4.78, 5) is 16.9. The molecule has 19 heavy (non-hydrogen) atoms. The first-order valence-corrected chi connectivity index (χ1v) is 7.33. The van der Waals surface area contributed by atoms with E-state index in [4.69, 9.17) is 0 Å². The van der Waals surface area contributed by atoms with Gasteiger partial charge in [-0.15, -0.1) is 11.3 Å². The maximum absolute atomic E-state index is 12.5. The maximum atomic E-state index is 12.5. The molecule has 2 aromatic heterocycles. The van der Waals surface area contributed by atoms with Gasteiger partial charge < -0.3 is 9.88 Å². The van der Waals surface area contributed by atoms with Crippen LogP contribution in [0.1, 0.15) is 32.4 Å². The van der Waals surface area contributed by atoms with Crippen LogP contribution in [-0.2, 0) is 6.54 Å². The van der Waals surface area contributed by atoms with Crippen molar-refractivity contribution in [2.75, 3.05) is 12.4 Å². The van der Waals surface area contributed by atoms with Crippen molar-refractivity contribution in [3.63, 3.8) is 0 Å². The van der Waals surface area contributed by atoms with Crippen LogP contribution in [0.25, 0.3) is 11.3 Å². The Hall–Kier alpha value is -1.62. The molecule has 1 N–H and O–H groups in total. The van der Waals surface area contributed by atoms with Gasteiger partial charge in [0.15, 0.2) is 5.13 Å². The molecular weight excluding hydrogens is 258 g/mol. The minimum Gasteiger partial charge on any atom is -0.365 e. The maximum Gasteiger partial charge on any atom is 0.260 e. The first kappa shape index (κ1) is 13.8. The summed E-state index contributed by atoms with van der Waals surface area (Å²) in [5.74, 6) is 0.338. The van der Waals surface area contributed by atoms with Crippen molar-refractivity contribution < 1.29 is 0 Å². The molecule has 2 rings (SSSR count). The number of nitrogens with one attached hydrogen (secondary N) is 1. The van der Waals surface area contributed by atoms with E-state index in [-0.39, 0.29) is 5.56 Å². The molecule has 102 valence electrons. The monoisotopic (exact) mass is 277 g/mol. The SMILES string of the molecule is CCn1c(C(C)C)ccc(-c2csc(NC)n2)c1=O. The zero-order valence-electron chi connectivity index (χ0n) is 11.7. The number of aromatic nitrogens is 2. The molecule has 0 amide bonds. The van der Waals surface area contributed by atoms with E-state index >= 15 is 0 Å². The number of rotatable bonds is 4. The van der Waals surface area contributed by atoms with Crippen molar-refractivity contribution in [1.82, 2.24) is 9.55 Å². The molecule has 0 bridgehead atoms. The van der Waals surface area contributed by atoms with Gasteiger partial charge in [-0.1, -0.05) is 13.8 Å². The van der Waals surface area contributed by atoms with Gasteiger partial charge >= 0.3 is 0 Å². The molecule has 0 radical (unpaired) electrons. The second-order valence-corrected chi connectivity index (χ2v) is 5.52. The van der Waals surface area contributed by atoms with Crippen LogP contribution >= 0.6 is 11.3 Å². The predicted octanol–water partition coefficient (Wildman–Crippen LogP) is 3.16. The topological polar surface area (TPSA) is 46.9 Å². The fourth-order valence-corrected chi connectivity index (χ4v) is 2.80. The average Bonchev–Trinajstić information content (AvgIpc) is 2.86. The number of thiazole rings is 1. The molecule has 0 spiro atoms. The summed E-state index contributed by atoms with van der Waals surface area (Å²) in [7, 11) is 1.83. The molecule has 2 aromatic rings. The first-order chi connectivity index (χ1) is 9.08. The summed E-state index contributed by atoms with van der Waals surface area (Å²) < 4.78 is 1.83. The fraction of sp³-hybridized carbons (Fsp3) is 0.429. The lowest BCUT2D eigenvalue weighted by atomic mass is 10.1.